The van der Waals surface area contributed by atoms with Gasteiger partial charge in [-0.1, -0.05) is 37.3 Å². The lowest BCUT2D eigenvalue weighted by Gasteiger charge is -2.36. The smallest absolute Gasteiger partial charge is 0.357 e. The Balaban J connectivity index is 2.94. The molecule has 1 rings (SSSR count). The zero-order valence-corrected chi connectivity index (χ0v) is 14.2. The van der Waals surface area contributed by atoms with Crippen molar-refractivity contribution in [3.8, 4) is 0 Å². The van der Waals surface area contributed by atoms with E-state index >= 15 is 0 Å². The molecule has 0 aliphatic carbocycles. The molecule has 5 nitrogen and oxygen atoms in total. The lowest BCUT2D eigenvalue weighted by atomic mass is 10.4. The highest BCUT2D eigenvalue weighted by atomic mass is 28.5. The second kappa shape index (κ2) is 7.46. The Morgan fingerprint density at radius 1 is 1.25 bits per heavy atom. The van der Waals surface area contributed by atoms with Crippen molar-refractivity contribution in [2.45, 2.75) is 31.7 Å². The van der Waals surface area contributed by atoms with Gasteiger partial charge in [0.2, 0.25) is 0 Å². The van der Waals surface area contributed by atoms with Crippen molar-refractivity contribution < 1.29 is 23.5 Å². The summed E-state index contributed by atoms with van der Waals surface area (Å²) >= 11 is 0. The van der Waals surface area contributed by atoms with E-state index in [-0.39, 0.29) is 12.7 Å². The first-order valence-electron chi connectivity index (χ1n) is 6.71. The molecule has 1 aromatic carbocycles. The number of hydrogen-bond donors (Lipinski definition) is 3. The Hall–Kier alpha value is -0.546. The third-order valence-corrected chi connectivity index (χ3v) is 10.8. The summed E-state index contributed by atoms with van der Waals surface area (Å²) in [6, 6.07) is 10.1. The number of aliphatic hydroxyl groups excluding tert-OH is 2. The minimum Gasteiger partial charge on any atom is -0.411 e. The standard InChI is InChI=1S/C13H24O5Si2/c1-4-20(17-2,11-12(15)10-14)18-19(3,16)13-8-6-5-7-9-13/h5-9,12,14-16H,4,10-11H2,1-3H3. The number of aliphatic hydroxyl groups is 2. The maximum absolute atomic E-state index is 10.7. The second-order valence-corrected chi connectivity index (χ2v) is 11.7. The molecule has 0 bridgehead atoms. The predicted octanol–water partition coefficient (Wildman–Crippen LogP) is 0.436. The highest BCUT2D eigenvalue weighted by Crippen LogP contribution is 2.24. The summed E-state index contributed by atoms with van der Waals surface area (Å²) in [6.45, 7) is 3.27. The fourth-order valence-corrected chi connectivity index (χ4v) is 9.13. The molecule has 0 saturated heterocycles. The molecule has 3 atom stereocenters. The number of hydrogen-bond acceptors (Lipinski definition) is 5. The second-order valence-electron chi connectivity index (χ2n) is 4.96. The fourth-order valence-electron chi connectivity index (χ4n) is 2.12. The average Bonchev–Trinajstić information content (AvgIpc) is 2.47. The topological polar surface area (TPSA) is 79.2 Å². The van der Waals surface area contributed by atoms with Gasteiger partial charge in [0, 0.05) is 13.2 Å². The van der Waals surface area contributed by atoms with Crippen molar-refractivity contribution >= 4 is 22.3 Å². The van der Waals surface area contributed by atoms with E-state index in [9.17, 15) is 9.90 Å². The summed E-state index contributed by atoms with van der Waals surface area (Å²) in [5, 5.41) is 19.5. The molecule has 0 spiro atoms. The third kappa shape index (κ3) is 4.49. The SMILES string of the molecule is CC[Si](CC(O)CO)(OC)O[Si](C)(O)c1ccccc1. The van der Waals surface area contributed by atoms with Gasteiger partial charge >= 0.3 is 17.1 Å². The first-order valence-corrected chi connectivity index (χ1v) is 11.3. The van der Waals surface area contributed by atoms with E-state index in [0.29, 0.717) is 6.04 Å². The van der Waals surface area contributed by atoms with E-state index in [4.69, 9.17) is 13.6 Å². The van der Waals surface area contributed by atoms with Gasteiger partial charge in [-0.2, -0.15) is 0 Å². The maximum Gasteiger partial charge on any atom is 0.357 e. The van der Waals surface area contributed by atoms with Crippen molar-refractivity contribution in [3.05, 3.63) is 30.3 Å². The third-order valence-electron chi connectivity index (χ3n) is 3.36. The van der Waals surface area contributed by atoms with Crippen molar-refractivity contribution in [2.24, 2.45) is 0 Å². The van der Waals surface area contributed by atoms with Crippen LogP contribution in [0.3, 0.4) is 0 Å². The molecule has 7 heteroatoms. The zero-order valence-electron chi connectivity index (χ0n) is 12.2. The maximum atomic E-state index is 10.7. The molecule has 1 aromatic rings. The van der Waals surface area contributed by atoms with Gasteiger partial charge in [-0.15, -0.1) is 0 Å². The summed E-state index contributed by atoms with van der Waals surface area (Å²) in [5.41, 5.74) is 0. The molecule has 20 heavy (non-hydrogen) atoms. The molecule has 3 N–H and O–H groups in total. The van der Waals surface area contributed by atoms with Gasteiger partial charge in [0.15, 0.2) is 0 Å². The molecule has 0 fully saturated rings. The van der Waals surface area contributed by atoms with Gasteiger partial charge < -0.3 is 23.5 Å². The van der Waals surface area contributed by atoms with Gasteiger partial charge in [0.05, 0.1) is 12.7 Å². The van der Waals surface area contributed by atoms with Crippen LogP contribution in [0.5, 0.6) is 0 Å². The molecule has 0 heterocycles. The monoisotopic (exact) mass is 316 g/mol. The van der Waals surface area contributed by atoms with E-state index in [1.807, 2.05) is 37.3 Å². The first-order chi connectivity index (χ1) is 9.39. The molecule has 0 radical (unpaired) electrons. The van der Waals surface area contributed by atoms with E-state index in [1.165, 1.54) is 7.11 Å². The van der Waals surface area contributed by atoms with Gasteiger partial charge in [0.1, 0.15) is 0 Å². The van der Waals surface area contributed by atoms with Gasteiger partial charge in [-0.05, 0) is 17.8 Å². The number of rotatable bonds is 8. The molecule has 0 amide bonds. The Morgan fingerprint density at radius 2 is 1.85 bits per heavy atom. The van der Waals surface area contributed by atoms with Crippen LogP contribution in [-0.2, 0) is 8.54 Å². The van der Waals surface area contributed by atoms with Crippen molar-refractivity contribution in [3.63, 3.8) is 0 Å². The van der Waals surface area contributed by atoms with Gasteiger partial charge in [0.25, 0.3) is 0 Å². The van der Waals surface area contributed by atoms with Crippen LogP contribution in [0, 0.1) is 0 Å². The van der Waals surface area contributed by atoms with Crippen molar-refractivity contribution in [2.75, 3.05) is 13.7 Å². The van der Waals surface area contributed by atoms with Crippen LogP contribution in [0.4, 0.5) is 0 Å². The minimum atomic E-state index is -3.09. The van der Waals surface area contributed by atoms with Crippen LogP contribution in [0.25, 0.3) is 0 Å². The fraction of sp³-hybridized carbons (Fsp3) is 0.538. The van der Waals surface area contributed by atoms with Gasteiger partial charge in [-0.3, -0.25) is 0 Å². The minimum absolute atomic E-state index is 0.243. The lowest BCUT2D eigenvalue weighted by molar-refractivity contribution is 0.0992. The molecule has 114 valence electrons. The van der Waals surface area contributed by atoms with E-state index in [1.54, 1.807) is 6.55 Å². The summed E-state index contributed by atoms with van der Waals surface area (Å²) in [4.78, 5) is 10.7. The van der Waals surface area contributed by atoms with Crippen LogP contribution in [0.2, 0.25) is 18.6 Å². The van der Waals surface area contributed by atoms with Gasteiger partial charge in [-0.25, -0.2) is 0 Å². The van der Waals surface area contributed by atoms with Crippen molar-refractivity contribution in [1.29, 1.82) is 0 Å². The molecule has 0 aliphatic heterocycles. The van der Waals surface area contributed by atoms with E-state index in [2.05, 4.69) is 0 Å². The Morgan fingerprint density at radius 3 is 2.30 bits per heavy atom. The zero-order chi connectivity index (χ0) is 15.2. The van der Waals surface area contributed by atoms with Crippen molar-refractivity contribution in [1.82, 2.24) is 0 Å². The van der Waals surface area contributed by atoms with E-state index in [0.717, 1.165) is 5.19 Å². The Kier molecular flexibility index (Phi) is 6.53. The van der Waals surface area contributed by atoms with Crippen LogP contribution in [-0.4, -0.2) is 52.0 Å². The Labute approximate surface area is 122 Å². The molecule has 0 aromatic heterocycles. The molecule has 0 saturated carbocycles. The summed E-state index contributed by atoms with van der Waals surface area (Å²) in [7, 11) is -4.30. The van der Waals surface area contributed by atoms with E-state index < -0.39 is 23.2 Å². The normalized spacial score (nSPS) is 19.1. The molecular formula is C13H24O5Si2. The summed E-state index contributed by atoms with van der Waals surface area (Å²) < 4.78 is 11.6. The predicted molar refractivity (Wildman–Crippen MR) is 82.1 cm³/mol. The molecule has 3 unspecified atom stereocenters. The molecular weight excluding hydrogens is 292 g/mol. The summed E-state index contributed by atoms with van der Waals surface area (Å²) in [6.07, 6.45) is -0.887. The van der Waals surface area contributed by atoms with Crippen LogP contribution < -0.4 is 5.19 Å². The first kappa shape index (κ1) is 17.5. The highest BCUT2D eigenvalue weighted by Gasteiger charge is 2.45. The average molecular weight is 317 g/mol. The van der Waals surface area contributed by atoms with Crippen LogP contribution in [0.1, 0.15) is 6.92 Å². The number of benzene rings is 1. The lowest BCUT2D eigenvalue weighted by Crippen LogP contribution is -2.59. The highest BCUT2D eigenvalue weighted by molar-refractivity contribution is 6.87. The molecule has 0 aliphatic rings. The van der Waals surface area contributed by atoms with Crippen LogP contribution >= 0.6 is 0 Å². The quantitative estimate of drug-likeness (QED) is 0.606. The Bertz CT molecular complexity index is 395. The largest absolute Gasteiger partial charge is 0.411 e. The van der Waals surface area contributed by atoms with Crippen LogP contribution in [0.15, 0.2) is 30.3 Å². The summed E-state index contributed by atoms with van der Waals surface area (Å²) in [5.74, 6) is 0.